The minimum Gasteiger partial charge on any atom is -0.493 e. The SMILES string of the molecule is COc1ccc(-c2c(-c3cc(OC)c(OC)c(OC)c3)c(=O)c2=O)cc1OC(C)=O. The largest absolute Gasteiger partial charge is 0.493 e. The number of esters is 1. The van der Waals surface area contributed by atoms with E-state index in [-0.39, 0.29) is 16.9 Å². The van der Waals surface area contributed by atoms with Crippen LogP contribution >= 0.6 is 0 Å². The van der Waals surface area contributed by atoms with Crippen molar-refractivity contribution < 1.29 is 28.5 Å². The third kappa shape index (κ3) is 3.47. The quantitative estimate of drug-likeness (QED) is 0.332. The fraction of sp³-hybridized carbons (Fsp3) is 0.227. The van der Waals surface area contributed by atoms with Crippen molar-refractivity contribution in [2.24, 2.45) is 0 Å². The summed E-state index contributed by atoms with van der Waals surface area (Å²) < 4.78 is 26.3. The first-order valence-corrected chi connectivity index (χ1v) is 8.86. The molecule has 8 heteroatoms. The fourth-order valence-electron chi connectivity index (χ4n) is 3.23. The van der Waals surface area contributed by atoms with Gasteiger partial charge in [0.05, 0.1) is 28.4 Å². The molecule has 156 valence electrons. The number of carbonyl (C=O) groups is 1. The van der Waals surface area contributed by atoms with E-state index in [1.807, 2.05) is 0 Å². The molecule has 3 aromatic carbocycles. The number of methoxy groups -OCH3 is 4. The summed E-state index contributed by atoms with van der Waals surface area (Å²) in [5.74, 6) is 0.988. The highest BCUT2D eigenvalue weighted by Gasteiger charge is 2.27. The van der Waals surface area contributed by atoms with Crippen LogP contribution in [0.5, 0.6) is 28.7 Å². The molecule has 8 nitrogen and oxygen atoms in total. The molecule has 0 aliphatic rings. The van der Waals surface area contributed by atoms with Gasteiger partial charge in [0.25, 0.3) is 0 Å². The molecule has 3 rings (SSSR count). The van der Waals surface area contributed by atoms with Crippen molar-refractivity contribution in [3.8, 4) is 51.0 Å². The Hall–Kier alpha value is -3.81. The van der Waals surface area contributed by atoms with Crippen LogP contribution in [0.3, 0.4) is 0 Å². The molecule has 0 N–H and O–H groups in total. The van der Waals surface area contributed by atoms with Gasteiger partial charge >= 0.3 is 5.97 Å². The maximum Gasteiger partial charge on any atom is 0.308 e. The Morgan fingerprint density at radius 2 is 1.17 bits per heavy atom. The molecule has 0 saturated carbocycles. The molecule has 3 aromatic rings. The van der Waals surface area contributed by atoms with E-state index >= 15 is 0 Å². The highest BCUT2D eigenvalue weighted by atomic mass is 16.6. The summed E-state index contributed by atoms with van der Waals surface area (Å²) in [4.78, 5) is 36.3. The molecular formula is C22H20O8. The summed E-state index contributed by atoms with van der Waals surface area (Å²) in [7, 11) is 5.81. The molecule has 0 aliphatic heterocycles. The number of hydrogen-bond acceptors (Lipinski definition) is 8. The lowest BCUT2D eigenvalue weighted by atomic mass is 9.89. The smallest absolute Gasteiger partial charge is 0.308 e. The lowest BCUT2D eigenvalue weighted by Gasteiger charge is -2.17. The van der Waals surface area contributed by atoms with E-state index in [0.717, 1.165) is 0 Å². The third-order valence-electron chi connectivity index (χ3n) is 4.57. The average Bonchev–Trinajstić information content (AvgIpc) is 2.75. The van der Waals surface area contributed by atoms with Gasteiger partial charge in [-0.1, -0.05) is 6.07 Å². The Kier molecular flexibility index (Phi) is 5.77. The molecule has 0 aromatic heterocycles. The molecular weight excluding hydrogens is 392 g/mol. The van der Waals surface area contributed by atoms with Gasteiger partial charge in [-0.15, -0.1) is 0 Å². The van der Waals surface area contributed by atoms with E-state index in [9.17, 15) is 14.4 Å². The van der Waals surface area contributed by atoms with Gasteiger partial charge in [-0.3, -0.25) is 14.4 Å². The first kappa shape index (κ1) is 20.9. The van der Waals surface area contributed by atoms with Crippen molar-refractivity contribution in [1.29, 1.82) is 0 Å². The second-order valence-corrected chi connectivity index (χ2v) is 6.28. The van der Waals surface area contributed by atoms with Crippen molar-refractivity contribution in [3.05, 3.63) is 50.8 Å². The van der Waals surface area contributed by atoms with E-state index < -0.39 is 16.8 Å². The van der Waals surface area contributed by atoms with Crippen LogP contribution in [0.4, 0.5) is 0 Å². The first-order valence-electron chi connectivity index (χ1n) is 8.86. The summed E-state index contributed by atoms with van der Waals surface area (Å²) in [6.45, 7) is 1.25. The summed E-state index contributed by atoms with van der Waals surface area (Å²) in [5, 5.41) is 0. The van der Waals surface area contributed by atoms with Gasteiger partial charge in [0.15, 0.2) is 23.0 Å². The number of hydrogen-bond donors (Lipinski definition) is 0. The Balaban J connectivity index is 2.20. The molecule has 0 atom stereocenters. The van der Waals surface area contributed by atoms with Crippen LogP contribution in [-0.2, 0) is 4.79 Å². The Morgan fingerprint density at radius 1 is 0.667 bits per heavy atom. The van der Waals surface area contributed by atoms with E-state index in [0.29, 0.717) is 34.1 Å². The van der Waals surface area contributed by atoms with E-state index in [1.54, 1.807) is 24.3 Å². The maximum absolute atomic E-state index is 12.5. The van der Waals surface area contributed by atoms with Gasteiger partial charge in [0.1, 0.15) is 0 Å². The summed E-state index contributed by atoms with van der Waals surface area (Å²) in [6, 6.07) is 7.85. The number of rotatable bonds is 7. The first-order chi connectivity index (χ1) is 14.4. The predicted molar refractivity (Wildman–Crippen MR) is 110 cm³/mol. The van der Waals surface area contributed by atoms with Crippen molar-refractivity contribution in [1.82, 2.24) is 0 Å². The van der Waals surface area contributed by atoms with Crippen molar-refractivity contribution in [3.63, 3.8) is 0 Å². The number of benzene rings is 2. The lowest BCUT2D eigenvalue weighted by molar-refractivity contribution is -0.132. The third-order valence-corrected chi connectivity index (χ3v) is 4.57. The highest BCUT2D eigenvalue weighted by Crippen LogP contribution is 2.43. The second kappa shape index (κ2) is 8.28. The molecule has 0 heterocycles. The van der Waals surface area contributed by atoms with E-state index in [4.69, 9.17) is 23.7 Å². The highest BCUT2D eigenvalue weighted by molar-refractivity contribution is 5.89. The molecule has 30 heavy (non-hydrogen) atoms. The molecule has 0 fully saturated rings. The second-order valence-electron chi connectivity index (χ2n) is 6.28. The zero-order chi connectivity index (χ0) is 22.0. The molecule has 0 spiro atoms. The Morgan fingerprint density at radius 3 is 1.63 bits per heavy atom. The minimum atomic E-state index is -0.641. The molecule has 0 amide bonds. The number of ether oxygens (including phenoxy) is 5. The molecule has 0 bridgehead atoms. The van der Waals surface area contributed by atoms with Crippen molar-refractivity contribution in [2.45, 2.75) is 6.92 Å². The van der Waals surface area contributed by atoms with Gasteiger partial charge in [-0.05, 0) is 35.4 Å². The van der Waals surface area contributed by atoms with Crippen LogP contribution in [0.2, 0.25) is 0 Å². The average molecular weight is 412 g/mol. The monoisotopic (exact) mass is 412 g/mol. The van der Waals surface area contributed by atoms with Gasteiger partial charge in [-0.25, -0.2) is 0 Å². The van der Waals surface area contributed by atoms with Gasteiger partial charge in [-0.2, -0.15) is 0 Å². The summed E-state index contributed by atoms with van der Waals surface area (Å²) in [5.41, 5.74) is -0.0142. The summed E-state index contributed by atoms with van der Waals surface area (Å²) in [6.07, 6.45) is 0. The van der Waals surface area contributed by atoms with Crippen molar-refractivity contribution >= 4 is 5.97 Å². The fourth-order valence-corrected chi connectivity index (χ4v) is 3.23. The van der Waals surface area contributed by atoms with Crippen molar-refractivity contribution in [2.75, 3.05) is 28.4 Å². The van der Waals surface area contributed by atoms with Crippen LogP contribution in [0.1, 0.15) is 6.92 Å². The molecule has 0 radical (unpaired) electrons. The maximum atomic E-state index is 12.5. The zero-order valence-corrected chi connectivity index (χ0v) is 17.2. The van der Waals surface area contributed by atoms with Gasteiger partial charge in [0.2, 0.25) is 16.6 Å². The van der Waals surface area contributed by atoms with Gasteiger partial charge < -0.3 is 23.7 Å². The van der Waals surface area contributed by atoms with Crippen LogP contribution in [-0.4, -0.2) is 34.4 Å². The molecule has 0 aliphatic carbocycles. The van der Waals surface area contributed by atoms with E-state index in [1.165, 1.54) is 41.4 Å². The summed E-state index contributed by atoms with van der Waals surface area (Å²) >= 11 is 0. The van der Waals surface area contributed by atoms with Crippen LogP contribution in [0.25, 0.3) is 22.3 Å². The van der Waals surface area contributed by atoms with Crippen LogP contribution in [0.15, 0.2) is 39.9 Å². The number of carbonyl (C=O) groups excluding carboxylic acids is 1. The lowest BCUT2D eigenvalue weighted by Crippen LogP contribution is -2.35. The topological polar surface area (TPSA) is 97.4 Å². The zero-order valence-electron chi connectivity index (χ0n) is 17.2. The van der Waals surface area contributed by atoms with E-state index in [2.05, 4.69) is 0 Å². The Bertz CT molecular complexity index is 1160. The molecule has 0 unspecified atom stereocenters. The van der Waals surface area contributed by atoms with Crippen LogP contribution in [0, 0.1) is 0 Å². The van der Waals surface area contributed by atoms with Crippen LogP contribution < -0.4 is 34.5 Å². The standard InChI is InChI=1S/C22H20O8/c1-11(23)30-15-8-12(6-7-14(15)26-2)18-19(21(25)20(18)24)13-9-16(27-3)22(29-5)17(10-13)28-4/h6-10H,1-5H3. The Labute approximate surface area is 172 Å². The minimum absolute atomic E-state index is 0.145. The predicted octanol–water partition coefficient (Wildman–Crippen LogP) is 2.58. The normalized spacial score (nSPS) is 10.6. The van der Waals surface area contributed by atoms with Gasteiger partial charge in [0, 0.05) is 18.1 Å². The molecule has 0 saturated heterocycles.